The normalized spacial score (nSPS) is 20.6. The van der Waals surface area contributed by atoms with Crippen LogP contribution >= 0.6 is 27.3 Å². The van der Waals surface area contributed by atoms with Crippen LogP contribution in [-0.4, -0.2) is 6.04 Å². The zero-order chi connectivity index (χ0) is 11.4. The van der Waals surface area contributed by atoms with Gasteiger partial charge in [-0.15, -0.1) is 11.3 Å². The molecule has 2 rings (SSSR count). The van der Waals surface area contributed by atoms with E-state index in [1.165, 1.54) is 47.2 Å². The van der Waals surface area contributed by atoms with Gasteiger partial charge in [0.25, 0.3) is 0 Å². The zero-order valence-electron chi connectivity index (χ0n) is 9.62. The van der Waals surface area contributed by atoms with E-state index >= 15 is 0 Å². The molecule has 1 nitrogen and oxygen atoms in total. The molecule has 1 aliphatic carbocycles. The molecule has 1 atom stereocenters. The molecule has 1 fully saturated rings. The molecule has 0 bridgehead atoms. The van der Waals surface area contributed by atoms with Gasteiger partial charge in [-0.3, -0.25) is 0 Å². The van der Waals surface area contributed by atoms with Gasteiger partial charge in [-0.1, -0.05) is 25.7 Å². The van der Waals surface area contributed by atoms with Crippen molar-refractivity contribution in [3.63, 3.8) is 0 Å². The molecule has 1 aromatic heterocycles. The van der Waals surface area contributed by atoms with Crippen LogP contribution in [0.25, 0.3) is 0 Å². The summed E-state index contributed by atoms with van der Waals surface area (Å²) in [6.45, 7) is 0. The van der Waals surface area contributed by atoms with E-state index in [1.807, 2.05) is 11.3 Å². The summed E-state index contributed by atoms with van der Waals surface area (Å²) in [6, 6.07) is 4.69. The van der Waals surface area contributed by atoms with Gasteiger partial charge in [0.15, 0.2) is 0 Å². The lowest BCUT2D eigenvalue weighted by molar-refractivity contribution is 0.374. The molecule has 1 unspecified atom stereocenters. The van der Waals surface area contributed by atoms with E-state index in [0.717, 1.165) is 12.3 Å². The molecule has 0 saturated heterocycles. The number of thiophene rings is 1. The van der Waals surface area contributed by atoms with Crippen LogP contribution in [0.5, 0.6) is 0 Å². The Morgan fingerprint density at radius 3 is 2.50 bits per heavy atom. The predicted molar refractivity (Wildman–Crippen MR) is 74.9 cm³/mol. The molecule has 0 radical (unpaired) electrons. The van der Waals surface area contributed by atoms with E-state index in [0.29, 0.717) is 6.04 Å². The van der Waals surface area contributed by atoms with Crippen molar-refractivity contribution in [3.8, 4) is 0 Å². The minimum Gasteiger partial charge on any atom is -0.327 e. The Labute approximate surface area is 111 Å². The maximum Gasteiger partial charge on any atom is 0.0701 e. The number of rotatable bonds is 3. The van der Waals surface area contributed by atoms with Gasteiger partial charge in [0.05, 0.1) is 3.79 Å². The van der Waals surface area contributed by atoms with Crippen LogP contribution in [0.1, 0.15) is 43.4 Å². The SMILES string of the molecule is NC(Cc1ccc(Br)s1)C1CCCCCC1. The van der Waals surface area contributed by atoms with E-state index < -0.39 is 0 Å². The Balaban J connectivity index is 1.88. The van der Waals surface area contributed by atoms with Gasteiger partial charge in [-0.2, -0.15) is 0 Å². The fourth-order valence-corrected chi connectivity index (χ4v) is 4.15. The average Bonchev–Trinajstić information content (AvgIpc) is 2.56. The summed E-state index contributed by atoms with van der Waals surface area (Å²) in [4.78, 5) is 1.42. The summed E-state index contributed by atoms with van der Waals surface area (Å²) >= 11 is 5.33. The Hall–Kier alpha value is 0.140. The number of halogens is 1. The lowest BCUT2D eigenvalue weighted by Crippen LogP contribution is -2.31. The summed E-state index contributed by atoms with van der Waals surface area (Å²) in [7, 11) is 0. The topological polar surface area (TPSA) is 26.0 Å². The summed E-state index contributed by atoms with van der Waals surface area (Å²) < 4.78 is 1.22. The maximum absolute atomic E-state index is 6.35. The summed E-state index contributed by atoms with van der Waals surface area (Å²) in [5.41, 5.74) is 6.35. The predicted octanol–water partition coefficient (Wildman–Crippen LogP) is 4.35. The van der Waals surface area contributed by atoms with Crippen molar-refractivity contribution in [2.24, 2.45) is 11.7 Å². The molecule has 1 heterocycles. The average molecular weight is 302 g/mol. The Morgan fingerprint density at radius 2 is 1.94 bits per heavy atom. The van der Waals surface area contributed by atoms with Crippen molar-refractivity contribution in [2.45, 2.75) is 51.0 Å². The van der Waals surface area contributed by atoms with Crippen LogP contribution < -0.4 is 5.73 Å². The standard InChI is InChI=1S/C13H20BrNS/c14-13-8-7-11(16-13)9-12(15)10-5-3-1-2-4-6-10/h7-8,10,12H,1-6,9,15H2. The molecule has 2 N–H and O–H groups in total. The summed E-state index contributed by atoms with van der Waals surface area (Å²) in [5, 5.41) is 0. The second-order valence-electron chi connectivity index (χ2n) is 4.83. The molecule has 1 aromatic rings. The third-order valence-electron chi connectivity index (χ3n) is 3.57. The number of hydrogen-bond acceptors (Lipinski definition) is 2. The highest BCUT2D eigenvalue weighted by Crippen LogP contribution is 2.28. The highest BCUT2D eigenvalue weighted by molar-refractivity contribution is 9.11. The third-order valence-corrected chi connectivity index (χ3v) is 5.22. The quantitative estimate of drug-likeness (QED) is 0.825. The van der Waals surface area contributed by atoms with E-state index in [-0.39, 0.29) is 0 Å². The highest BCUT2D eigenvalue weighted by atomic mass is 79.9. The van der Waals surface area contributed by atoms with Crippen LogP contribution in [0.15, 0.2) is 15.9 Å². The van der Waals surface area contributed by atoms with Crippen molar-refractivity contribution in [1.29, 1.82) is 0 Å². The van der Waals surface area contributed by atoms with E-state index in [2.05, 4.69) is 28.1 Å². The van der Waals surface area contributed by atoms with Gasteiger partial charge < -0.3 is 5.73 Å². The number of nitrogens with two attached hydrogens (primary N) is 1. The van der Waals surface area contributed by atoms with Crippen LogP contribution in [0.3, 0.4) is 0 Å². The molecule has 1 saturated carbocycles. The molecule has 90 valence electrons. The van der Waals surface area contributed by atoms with Crippen LogP contribution in [-0.2, 0) is 6.42 Å². The van der Waals surface area contributed by atoms with E-state index in [9.17, 15) is 0 Å². The van der Waals surface area contributed by atoms with Crippen LogP contribution in [0.2, 0.25) is 0 Å². The largest absolute Gasteiger partial charge is 0.327 e. The smallest absolute Gasteiger partial charge is 0.0701 e. The first kappa shape index (κ1) is 12.6. The monoisotopic (exact) mass is 301 g/mol. The number of hydrogen-bond donors (Lipinski definition) is 1. The van der Waals surface area contributed by atoms with Crippen molar-refractivity contribution in [3.05, 3.63) is 20.8 Å². The van der Waals surface area contributed by atoms with Gasteiger partial charge in [-0.05, 0) is 53.2 Å². The van der Waals surface area contributed by atoms with Gasteiger partial charge in [0.1, 0.15) is 0 Å². The first-order chi connectivity index (χ1) is 7.75. The lowest BCUT2D eigenvalue weighted by atomic mass is 9.90. The second kappa shape index (κ2) is 6.18. The van der Waals surface area contributed by atoms with Crippen molar-refractivity contribution >= 4 is 27.3 Å². The van der Waals surface area contributed by atoms with Gasteiger partial charge in [-0.25, -0.2) is 0 Å². The molecule has 0 amide bonds. The van der Waals surface area contributed by atoms with Gasteiger partial charge in [0, 0.05) is 10.9 Å². The molecule has 0 aliphatic heterocycles. The summed E-state index contributed by atoms with van der Waals surface area (Å²) in [5.74, 6) is 0.753. The molecule has 0 aromatic carbocycles. The fourth-order valence-electron chi connectivity index (χ4n) is 2.60. The zero-order valence-corrected chi connectivity index (χ0v) is 12.0. The molecular formula is C13H20BrNS. The van der Waals surface area contributed by atoms with Crippen LogP contribution in [0, 0.1) is 5.92 Å². The maximum atomic E-state index is 6.35. The Morgan fingerprint density at radius 1 is 1.25 bits per heavy atom. The molecular weight excluding hydrogens is 282 g/mol. The van der Waals surface area contributed by atoms with E-state index in [1.54, 1.807) is 0 Å². The first-order valence-electron chi connectivity index (χ1n) is 6.25. The van der Waals surface area contributed by atoms with Gasteiger partial charge in [0.2, 0.25) is 0 Å². The third kappa shape index (κ3) is 3.57. The van der Waals surface area contributed by atoms with Crippen molar-refractivity contribution in [1.82, 2.24) is 0 Å². The Bertz CT molecular complexity index is 315. The summed E-state index contributed by atoms with van der Waals surface area (Å²) in [6.07, 6.45) is 9.32. The first-order valence-corrected chi connectivity index (χ1v) is 7.86. The molecule has 0 spiro atoms. The lowest BCUT2D eigenvalue weighted by Gasteiger charge is -2.21. The molecule has 3 heteroatoms. The highest BCUT2D eigenvalue weighted by Gasteiger charge is 2.20. The second-order valence-corrected chi connectivity index (χ2v) is 7.37. The van der Waals surface area contributed by atoms with E-state index in [4.69, 9.17) is 5.73 Å². The van der Waals surface area contributed by atoms with Crippen LogP contribution in [0.4, 0.5) is 0 Å². The molecule has 16 heavy (non-hydrogen) atoms. The van der Waals surface area contributed by atoms with Crippen molar-refractivity contribution in [2.75, 3.05) is 0 Å². The van der Waals surface area contributed by atoms with Gasteiger partial charge >= 0.3 is 0 Å². The fraction of sp³-hybridized carbons (Fsp3) is 0.692. The molecule has 1 aliphatic rings. The minimum absolute atomic E-state index is 0.364. The Kier molecular flexibility index (Phi) is 4.86. The van der Waals surface area contributed by atoms with Crippen molar-refractivity contribution < 1.29 is 0 Å². The minimum atomic E-state index is 0.364.